The minimum atomic E-state index is -0.295. The van der Waals surface area contributed by atoms with E-state index in [1.54, 1.807) is 37.4 Å². The molecule has 0 unspecified atom stereocenters. The maximum absolute atomic E-state index is 12.5. The molecule has 0 saturated heterocycles. The van der Waals surface area contributed by atoms with E-state index in [4.69, 9.17) is 9.15 Å². The summed E-state index contributed by atoms with van der Waals surface area (Å²) in [6.45, 7) is 0. The first-order chi connectivity index (χ1) is 12.7. The van der Waals surface area contributed by atoms with Crippen LogP contribution in [0.4, 0.5) is 5.69 Å². The van der Waals surface area contributed by atoms with E-state index in [0.29, 0.717) is 28.1 Å². The first-order valence-corrected chi connectivity index (χ1v) is 8.05. The molecule has 1 heterocycles. The molecule has 3 aromatic carbocycles. The number of carbonyl (C=O) groups is 2. The normalized spacial score (nSPS) is 10.8. The van der Waals surface area contributed by atoms with Gasteiger partial charge in [0.1, 0.15) is 23.2 Å². The molecule has 1 aromatic heterocycles. The van der Waals surface area contributed by atoms with Gasteiger partial charge in [0.15, 0.2) is 0 Å². The van der Waals surface area contributed by atoms with Gasteiger partial charge in [-0.3, -0.25) is 9.59 Å². The molecule has 1 amide bonds. The summed E-state index contributed by atoms with van der Waals surface area (Å²) in [7, 11) is 1.55. The van der Waals surface area contributed by atoms with Gasteiger partial charge < -0.3 is 14.5 Å². The van der Waals surface area contributed by atoms with E-state index >= 15 is 0 Å². The molecule has 0 bridgehead atoms. The molecule has 26 heavy (non-hydrogen) atoms. The molecule has 0 spiro atoms. The SMILES string of the molecule is COc1cc2c(cc1NC(=O)c1ccc(C=O)cc1)oc1ccccc12. The second-order valence-electron chi connectivity index (χ2n) is 5.84. The van der Waals surface area contributed by atoms with Crippen LogP contribution in [0.25, 0.3) is 21.9 Å². The van der Waals surface area contributed by atoms with Crippen LogP contribution >= 0.6 is 0 Å². The zero-order valence-corrected chi connectivity index (χ0v) is 14.0. The van der Waals surface area contributed by atoms with E-state index in [1.165, 1.54) is 0 Å². The maximum atomic E-state index is 12.5. The number of rotatable bonds is 4. The number of carbonyl (C=O) groups excluding carboxylic acids is 2. The fourth-order valence-electron chi connectivity index (χ4n) is 2.93. The van der Waals surface area contributed by atoms with Gasteiger partial charge in [0.25, 0.3) is 5.91 Å². The molecule has 0 radical (unpaired) electrons. The second kappa shape index (κ2) is 6.37. The minimum Gasteiger partial charge on any atom is -0.495 e. The van der Waals surface area contributed by atoms with E-state index in [-0.39, 0.29) is 5.91 Å². The van der Waals surface area contributed by atoms with E-state index < -0.39 is 0 Å². The van der Waals surface area contributed by atoms with Crippen molar-refractivity contribution < 1.29 is 18.7 Å². The van der Waals surface area contributed by atoms with Crippen molar-refractivity contribution >= 4 is 39.8 Å². The van der Waals surface area contributed by atoms with Crippen molar-refractivity contribution in [3.05, 3.63) is 71.8 Å². The Balaban J connectivity index is 1.73. The van der Waals surface area contributed by atoms with Gasteiger partial charge in [-0.15, -0.1) is 0 Å². The van der Waals surface area contributed by atoms with Gasteiger partial charge in [-0.05, 0) is 24.3 Å². The number of nitrogens with one attached hydrogen (secondary N) is 1. The van der Waals surface area contributed by atoms with E-state index in [9.17, 15) is 9.59 Å². The van der Waals surface area contributed by atoms with Gasteiger partial charge in [0, 0.05) is 28.0 Å². The highest BCUT2D eigenvalue weighted by Crippen LogP contribution is 2.36. The first kappa shape index (κ1) is 15.9. The molecule has 1 N–H and O–H groups in total. The van der Waals surface area contributed by atoms with Crippen molar-refractivity contribution in [2.24, 2.45) is 0 Å². The molecule has 4 aromatic rings. The van der Waals surface area contributed by atoms with Crippen LogP contribution in [0, 0.1) is 0 Å². The predicted molar refractivity (Wildman–Crippen MR) is 100 cm³/mol. The first-order valence-electron chi connectivity index (χ1n) is 8.05. The van der Waals surface area contributed by atoms with Crippen LogP contribution in [0.2, 0.25) is 0 Å². The number of ether oxygens (including phenoxy) is 1. The molecule has 0 aliphatic heterocycles. The van der Waals surface area contributed by atoms with Crippen LogP contribution in [0.1, 0.15) is 20.7 Å². The van der Waals surface area contributed by atoms with Crippen molar-refractivity contribution in [3.63, 3.8) is 0 Å². The Morgan fingerprint density at radius 3 is 2.50 bits per heavy atom. The Hall–Kier alpha value is -3.60. The largest absolute Gasteiger partial charge is 0.495 e. The summed E-state index contributed by atoms with van der Waals surface area (Å²) >= 11 is 0. The van der Waals surface area contributed by atoms with Crippen LogP contribution in [0.15, 0.2) is 65.1 Å². The van der Waals surface area contributed by atoms with Gasteiger partial charge in [-0.25, -0.2) is 0 Å². The third kappa shape index (κ3) is 2.69. The van der Waals surface area contributed by atoms with Crippen LogP contribution in [-0.2, 0) is 0 Å². The Morgan fingerprint density at radius 1 is 1.00 bits per heavy atom. The quantitative estimate of drug-likeness (QED) is 0.546. The summed E-state index contributed by atoms with van der Waals surface area (Å²) in [5, 5.41) is 4.75. The van der Waals surface area contributed by atoms with E-state index in [0.717, 1.165) is 22.6 Å². The number of methoxy groups -OCH3 is 1. The average molecular weight is 345 g/mol. The topological polar surface area (TPSA) is 68.5 Å². The highest BCUT2D eigenvalue weighted by Gasteiger charge is 2.15. The van der Waals surface area contributed by atoms with Gasteiger partial charge in [-0.1, -0.05) is 30.3 Å². The molecule has 0 fully saturated rings. The van der Waals surface area contributed by atoms with Crippen LogP contribution in [-0.4, -0.2) is 19.3 Å². The van der Waals surface area contributed by atoms with Crippen LogP contribution < -0.4 is 10.1 Å². The average Bonchev–Trinajstić information content (AvgIpc) is 3.04. The summed E-state index contributed by atoms with van der Waals surface area (Å²) < 4.78 is 11.3. The minimum absolute atomic E-state index is 0.295. The number of amides is 1. The van der Waals surface area contributed by atoms with Gasteiger partial charge in [0.05, 0.1) is 12.8 Å². The molecule has 0 aliphatic carbocycles. The molecular formula is C21H15NO4. The lowest BCUT2D eigenvalue weighted by molar-refractivity contribution is 0.102. The van der Waals surface area contributed by atoms with Crippen molar-refractivity contribution in [1.82, 2.24) is 0 Å². The molecule has 4 rings (SSSR count). The van der Waals surface area contributed by atoms with Crippen molar-refractivity contribution in [2.45, 2.75) is 0 Å². The van der Waals surface area contributed by atoms with Crippen LogP contribution in [0.5, 0.6) is 5.75 Å². The summed E-state index contributed by atoms with van der Waals surface area (Å²) in [6.07, 6.45) is 0.736. The molecule has 0 atom stereocenters. The number of benzene rings is 3. The zero-order valence-electron chi connectivity index (χ0n) is 14.0. The number of furan rings is 1. The van der Waals surface area contributed by atoms with Crippen LogP contribution in [0.3, 0.4) is 0 Å². The highest BCUT2D eigenvalue weighted by molar-refractivity contribution is 6.10. The van der Waals surface area contributed by atoms with Gasteiger partial charge >= 0.3 is 0 Å². The van der Waals surface area contributed by atoms with E-state index in [1.807, 2.05) is 30.3 Å². The van der Waals surface area contributed by atoms with Crippen molar-refractivity contribution in [2.75, 3.05) is 12.4 Å². The highest BCUT2D eigenvalue weighted by atomic mass is 16.5. The summed E-state index contributed by atoms with van der Waals surface area (Å²) in [5.41, 5.74) is 2.92. The summed E-state index contributed by atoms with van der Waals surface area (Å²) in [5.74, 6) is 0.248. The molecule has 0 aliphatic rings. The Morgan fingerprint density at radius 2 is 1.77 bits per heavy atom. The monoisotopic (exact) mass is 345 g/mol. The Labute approximate surface area is 149 Å². The predicted octanol–water partition coefficient (Wildman–Crippen LogP) is 4.66. The number of anilines is 1. The fraction of sp³-hybridized carbons (Fsp3) is 0.0476. The van der Waals surface area contributed by atoms with Crippen molar-refractivity contribution in [3.8, 4) is 5.75 Å². The number of fused-ring (bicyclic) bond motifs is 3. The molecule has 0 saturated carbocycles. The zero-order chi connectivity index (χ0) is 18.1. The molecule has 128 valence electrons. The third-order valence-electron chi connectivity index (χ3n) is 4.26. The lowest BCUT2D eigenvalue weighted by Crippen LogP contribution is -2.12. The number of hydrogen-bond acceptors (Lipinski definition) is 4. The van der Waals surface area contributed by atoms with E-state index in [2.05, 4.69) is 5.32 Å². The molecular weight excluding hydrogens is 330 g/mol. The fourth-order valence-corrected chi connectivity index (χ4v) is 2.93. The lowest BCUT2D eigenvalue weighted by Gasteiger charge is -2.10. The number of hydrogen-bond donors (Lipinski definition) is 1. The lowest BCUT2D eigenvalue weighted by atomic mass is 10.1. The smallest absolute Gasteiger partial charge is 0.255 e. The van der Waals surface area contributed by atoms with Gasteiger partial charge in [0.2, 0.25) is 0 Å². The summed E-state index contributed by atoms with van der Waals surface area (Å²) in [6, 6.07) is 17.7. The molecule has 5 heteroatoms. The second-order valence-corrected chi connectivity index (χ2v) is 5.84. The number of aldehydes is 1. The standard InChI is InChI=1S/C21H15NO4/c1-25-20-10-16-15-4-2-3-5-18(15)26-19(16)11-17(20)22-21(24)14-8-6-13(12-23)7-9-14/h2-12H,1H3,(H,22,24). The Bertz CT molecular complexity index is 1130. The Kier molecular flexibility index (Phi) is 3.89. The van der Waals surface area contributed by atoms with Gasteiger partial charge in [-0.2, -0.15) is 0 Å². The molecule has 5 nitrogen and oxygen atoms in total. The summed E-state index contributed by atoms with van der Waals surface area (Å²) in [4.78, 5) is 23.2. The third-order valence-corrected chi connectivity index (χ3v) is 4.26. The number of para-hydroxylation sites is 1. The van der Waals surface area contributed by atoms with Crippen molar-refractivity contribution in [1.29, 1.82) is 0 Å². The maximum Gasteiger partial charge on any atom is 0.255 e.